The minimum atomic E-state index is -0.351. The van der Waals surface area contributed by atoms with E-state index in [1.165, 1.54) is 0 Å². The Hall–Kier alpha value is -7.40. The minimum absolute atomic E-state index is 0.351. The molecule has 2 heterocycles. The van der Waals surface area contributed by atoms with Gasteiger partial charge in [0.15, 0.2) is 0 Å². The first-order valence-corrected chi connectivity index (χ1v) is 18.3. The monoisotopic (exact) mass is 704 g/mol. The molecule has 0 aliphatic heterocycles. The van der Waals surface area contributed by atoms with Gasteiger partial charge in [0.05, 0.1) is 33.9 Å². The highest BCUT2D eigenvalue weighted by Crippen LogP contribution is 2.39. The van der Waals surface area contributed by atoms with E-state index in [-0.39, 0.29) is 5.41 Å². The van der Waals surface area contributed by atoms with Gasteiger partial charge in [0.2, 0.25) is 0 Å². The Labute approximate surface area is 322 Å². The highest BCUT2D eigenvalue weighted by atomic mass is 14.7. The van der Waals surface area contributed by atoms with Gasteiger partial charge in [0.1, 0.15) is 12.1 Å². The highest BCUT2D eigenvalue weighted by molar-refractivity contribution is 5.85. The van der Waals surface area contributed by atoms with Gasteiger partial charge in [0.25, 0.3) is 0 Å². The maximum Gasteiger partial charge on any atom is 0.102 e. The largest absolute Gasteiger partial charge is 0.246 e. The molecule has 0 aliphatic rings. The summed E-state index contributed by atoms with van der Waals surface area (Å²) in [5.74, 6) is 0. The van der Waals surface area contributed by atoms with E-state index in [2.05, 4.69) is 74.5 Å². The molecular weight excluding hydrogens is 669 g/mol. The van der Waals surface area contributed by atoms with Crippen LogP contribution in [0.2, 0.25) is 0 Å². The standard InChI is InChI=1S/C51H36N4/c1-51(2,41-27-23-39(24-28-41)49-45(33-52)43(35-15-7-3-8-16-35)31-47(54-49)37-19-11-5-12-20-37)42-29-25-40(26-30-42)50-46(34-53)44(36-17-9-4-10-18-36)32-48(55-50)38-21-13-6-14-22-38/h3-32H,1-2H3. The second kappa shape index (κ2) is 14.9. The summed E-state index contributed by atoms with van der Waals surface area (Å²) >= 11 is 0. The van der Waals surface area contributed by atoms with Crippen LogP contribution in [0.5, 0.6) is 0 Å². The Balaban J connectivity index is 1.16. The second-order valence-corrected chi connectivity index (χ2v) is 14.0. The van der Waals surface area contributed by atoms with Crippen LogP contribution in [0.3, 0.4) is 0 Å². The molecule has 0 amide bonds. The third-order valence-electron chi connectivity index (χ3n) is 10.3. The molecule has 0 aliphatic carbocycles. The molecule has 0 saturated carbocycles. The molecule has 0 radical (unpaired) electrons. The molecule has 4 nitrogen and oxygen atoms in total. The van der Waals surface area contributed by atoms with Crippen molar-refractivity contribution in [3.63, 3.8) is 0 Å². The maximum absolute atomic E-state index is 10.5. The van der Waals surface area contributed by atoms with Crippen molar-refractivity contribution in [1.82, 2.24) is 9.97 Å². The third-order valence-corrected chi connectivity index (χ3v) is 10.3. The Kier molecular flexibility index (Phi) is 9.40. The quantitative estimate of drug-likeness (QED) is 0.158. The Morgan fingerprint density at radius 3 is 1.00 bits per heavy atom. The lowest BCUT2D eigenvalue weighted by atomic mass is 9.77. The van der Waals surface area contributed by atoms with E-state index < -0.39 is 0 Å². The van der Waals surface area contributed by atoms with E-state index in [0.717, 1.165) is 67.0 Å². The summed E-state index contributed by atoms with van der Waals surface area (Å²) in [4.78, 5) is 10.1. The molecule has 0 spiro atoms. The van der Waals surface area contributed by atoms with Gasteiger partial charge in [0, 0.05) is 38.8 Å². The van der Waals surface area contributed by atoms with Crippen LogP contribution in [0, 0.1) is 22.7 Å². The van der Waals surface area contributed by atoms with Crippen LogP contribution in [-0.4, -0.2) is 9.97 Å². The zero-order valence-corrected chi connectivity index (χ0v) is 30.6. The van der Waals surface area contributed by atoms with Crippen LogP contribution >= 0.6 is 0 Å². The van der Waals surface area contributed by atoms with Gasteiger partial charge in [-0.1, -0.05) is 184 Å². The van der Waals surface area contributed by atoms with Crippen LogP contribution < -0.4 is 0 Å². The maximum atomic E-state index is 10.5. The van der Waals surface area contributed by atoms with Crippen molar-refractivity contribution in [2.45, 2.75) is 19.3 Å². The molecule has 0 fully saturated rings. The lowest BCUT2D eigenvalue weighted by Crippen LogP contribution is -2.18. The summed E-state index contributed by atoms with van der Waals surface area (Å²) in [6, 6.07) is 66.0. The van der Waals surface area contributed by atoms with E-state index >= 15 is 0 Å². The fourth-order valence-electron chi connectivity index (χ4n) is 7.19. The number of rotatable bonds is 8. The van der Waals surface area contributed by atoms with Crippen molar-refractivity contribution in [2.75, 3.05) is 0 Å². The smallest absolute Gasteiger partial charge is 0.102 e. The van der Waals surface area contributed by atoms with Crippen LogP contribution in [0.25, 0.3) is 67.3 Å². The van der Waals surface area contributed by atoms with Gasteiger partial charge in [-0.2, -0.15) is 10.5 Å². The van der Waals surface area contributed by atoms with E-state index in [9.17, 15) is 10.5 Å². The fraction of sp³-hybridized carbons (Fsp3) is 0.0588. The lowest BCUT2D eigenvalue weighted by molar-refractivity contribution is 0.641. The van der Waals surface area contributed by atoms with E-state index in [0.29, 0.717) is 22.5 Å². The van der Waals surface area contributed by atoms with Crippen molar-refractivity contribution in [1.29, 1.82) is 10.5 Å². The van der Waals surface area contributed by atoms with Gasteiger partial charge >= 0.3 is 0 Å². The summed E-state index contributed by atoms with van der Waals surface area (Å²) < 4.78 is 0. The number of nitriles is 2. The molecule has 6 aromatic carbocycles. The number of aromatic nitrogens is 2. The zero-order valence-electron chi connectivity index (χ0n) is 30.6. The molecule has 2 aromatic heterocycles. The molecule has 260 valence electrons. The number of nitrogens with zero attached hydrogens (tertiary/aromatic N) is 4. The number of benzene rings is 6. The highest BCUT2D eigenvalue weighted by Gasteiger charge is 2.25. The molecule has 0 bridgehead atoms. The fourth-order valence-corrected chi connectivity index (χ4v) is 7.19. The van der Waals surface area contributed by atoms with Crippen LogP contribution in [0.1, 0.15) is 36.1 Å². The van der Waals surface area contributed by atoms with Crippen molar-refractivity contribution in [2.24, 2.45) is 0 Å². The molecule has 0 atom stereocenters. The average Bonchev–Trinajstić information content (AvgIpc) is 3.26. The van der Waals surface area contributed by atoms with E-state index in [1.807, 2.05) is 133 Å². The van der Waals surface area contributed by atoms with Gasteiger partial charge in [-0.15, -0.1) is 0 Å². The molecule has 0 unspecified atom stereocenters. The third kappa shape index (κ3) is 6.82. The van der Waals surface area contributed by atoms with Gasteiger partial charge in [-0.3, -0.25) is 0 Å². The van der Waals surface area contributed by atoms with Crippen LogP contribution in [0.15, 0.2) is 182 Å². The molecule has 8 rings (SSSR count). The first kappa shape index (κ1) is 34.7. The molecule has 4 heteroatoms. The summed E-state index contributed by atoms with van der Waals surface area (Å²) in [6.45, 7) is 4.42. The van der Waals surface area contributed by atoms with Crippen molar-refractivity contribution >= 4 is 0 Å². The predicted molar refractivity (Wildman–Crippen MR) is 223 cm³/mol. The average molecular weight is 705 g/mol. The number of hydrogen-bond acceptors (Lipinski definition) is 4. The molecule has 8 aromatic rings. The van der Waals surface area contributed by atoms with Crippen LogP contribution in [0.4, 0.5) is 0 Å². The predicted octanol–water partition coefficient (Wildman–Crippen LogP) is 12.5. The Bertz CT molecular complexity index is 2500. The van der Waals surface area contributed by atoms with E-state index in [1.54, 1.807) is 0 Å². The van der Waals surface area contributed by atoms with Crippen molar-refractivity contribution in [3.8, 4) is 79.4 Å². The molecule has 0 N–H and O–H groups in total. The van der Waals surface area contributed by atoms with Gasteiger partial charge < -0.3 is 0 Å². The topological polar surface area (TPSA) is 73.4 Å². The second-order valence-electron chi connectivity index (χ2n) is 14.0. The number of hydrogen-bond donors (Lipinski definition) is 0. The normalized spacial score (nSPS) is 11.1. The zero-order chi connectivity index (χ0) is 37.8. The van der Waals surface area contributed by atoms with Gasteiger partial charge in [-0.05, 0) is 34.4 Å². The summed E-state index contributed by atoms with van der Waals surface area (Å²) in [5.41, 5.74) is 13.3. The molecule has 55 heavy (non-hydrogen) atoms. The van der Waals surface area contributed by atoms with E-state index in [4.69, 9.17) is 9.97 Å². The Morgan fingerprint density at radius 2 is 0.691 bits per heavy atom. The van der Waals surface area contributed by atoms with Crippen LogP contribution in [-0.2, 0) is 5.41 Å². The number of pyridine rings is 2. The van der Waals surface area contributed by atoms with Gasteiger partial charge in [-0.25, -0.2) is 9.97 Å². The SMILES string of the molecule is CC(C)(c1ccc(-c2nc(-c3ccccc3)cc(-c3ccccc3)c2C#N)cc1)c1ccc(-c2nc(-c3ccccc3)cc(-c3ccccc3)c2C#N)cc1. The minimum Gasteiger partial charge on any atom is -0.246 e. The lowest BCUT2D eigenvalue weighted by Gasteiger charge is -2.27. The molecule has 0 saturated heterocycles. The van der Waals surface area contributed by atoms with Crippen molar-refractivity contribution in [3.05, 3.63) is 204 Å². The summed E-state index contributed by atoms with van der Waals surface area (Å²) in [7, 11) is 0. The molecular formula is C51H36N4. The first-order chi connectivity index (χ1) is 26.9. The first-order valence-electron chi connectivity index (χ1n) is 18.3. The summed E-state index contributed by atoms with van der Waals surface area (Å²) in [6.07, 6.45) is 0. The Morgan fingerprint density at radius 1 is 0.382 bits per heavy atom. The van der Waals surface area contributed by atoms with Crippen molar-refractivity contribution < 1.29 is 0 Å². The summed E-state index contributed by atoms with van der Waals surface area (Å²) in [5, 5.41) is 21.0.